The van der Waals surface area contributed by atoms with Gasteiger partial charge >= 0.3 is 0 Å². The van der Waals surface area contributed by atoms with Crippen LogP contribution in [0.5, 0.6) is 0 Å². The number of amides is 1. The molecule has 112 valence electrons. The van der Waals surface area contributed by atoms with E-state index in [1.165, 1.54) is 6.07 Å². The topological polar surface area (TPSA) is 49.3 Å². The molecule has 5 heteroatoms. The maximum atomic E-state index is 13.4. The molecule has 3 nitrogen and oxygen atoms in total. The molecule has 20 heavy (non-hydrogen) atoms. The van der Waals surface area contributed by atoms with Crippen LogP contribution in [0.2, 0.25) is 0 Å². The molecule has 1 aromatic rings. The van der Waals surface area contributed by atoms with E-state index in [9.17, 15) is 13.6 Å². The zero-order chi connectivity index (χ0) is 15.2. The van der Waals surface area contributed by atoms with Crippen LogP contribution in [0.1, 0.15) is 32.3 Å². The van der Waals surface area contributed by atoms with E-state index >= 15 is 0 Å². The summed E-state index contributed by atoms with van der Waals surface area (Å²) in [6.07, 6.45) is 1.17. The molecule has 0 aliphatic carbocycles. The lowest BCUT2D eigenvalue weighted by Crippen LogP contribution is -2.28. The number of carbonyl (C=O) groups is 1. The minimum atomic E-state index is -0.707. The van der Waals surface area contributed by atoms with E-state index in [-0.39, 0.29) is 24.0 Å². The third-order valence-electron chi connectivity index (χ3n) is 3.18. The monoisotopic (exact) mass is 285 g/mol. The smallest absolute Gasteiger partial charge is 0.224 e. The summed E-state index contributed by atoms with van der Waals surface area (Å²) in [6.45, 7) is 4.38. The molecule has 1 aromatic carbocycles. The van der Waals surface area contributed by atoms with Crippen molar-refractivity contribution >= 4 is 5.91 Å². The van der Waals surface area contributed by atoms with Gasteiger partial charge in [0.15, 0.2) is 0 Å². The Morgan fingerprint density at radius 1 is 1.30 bits per heavy atom. The summed E-state index contributed by atoms with van der Waals surface area (Å²) < 4.78 is 26.7. The number of hydrogen-bond donors (Lipinski definition) is 2. The number of carbonyl (C=O) groups excluding carboxylic acids is 1. The summed E-state index contributed by atoms with van der Waals surface area (Å²) in [6, 6.07) is 3.54. The predicted molar refractivity (Wildman–Crippen MR) is 73.2 cm³/mol. The zero-order valence-corrected chi connectivity index (χ0v) is 11.9. The molecular weight excluding hydrogens is 264 g/mol. The third-order valence-corrected chi connectivity index (χ3v) is 3.18. The van der Waals surface area contributed by atoms with Gasteiger partial charge in [-0.05, 0) is 30.4 Å². The summed E-state index contributed by atoms with van der Waals surface area (Å²) in [5, 5.41) is 11.7. The fraction of sp³-hybridized carbons (Fsp3) is 0.533. The van der Waals surface area contributed by atoms with Crippen LogP contribution in [-0.4, -0.2) is 24.2 Å². The average molecular weight is 285 g/mol. The Morgan fingerprint density at radius 3 is 2.45 bits per heavy atom. The van der Waals surface area contributed by atoms with E-state index in [0.717, 1.165) is 18.6 Å². The largest absolute Gasteiger partial charge is 0.396 e. The summed E-state index contributed by atoms with van der Waals surface area (Å²) in [5.41, 5.74) is -0.386. The molecule has 0 aliphatic heterocycles. The highest BCUT2D eigenvalue weighted by Gasteiger charge is 2.16. The summed E-state index contributed by atoms with van der Waals surface area (Å²) in [5.74, 6) is -1.82. The second-order valence-electron chi connectivity index (χ2n) is 5.65. The Kier molecular flexibility index (Phi) is 6.07. The minimum Gasteiger partial charge on any atom is -0.396 e. The van der Waals surface area contributed by atoms with Gasteiger partial charge in [0.2, 0.25) is 5.91 Å². The van der Waals surface area contributed by atoms with Crippen molar-refractivity contribution in [3.8, 4) is 0 Å². The first-order valence-electron chi connectivity index (χ1n) is 6.66. The molecule has 0 heterocycles. The number of rotatable bonds is 7. The summed E-state index contributed by atoms with van der Waals surface area (Å²) in [7, 11) is 0. The van der Waals surface area contributed by atoms with Crippen LogP contribution < -0.4 is 5.32 Å². The van der Waals surface area contributed by atoms with Crippen molar-refractivity contribution in [2.45, 2.75) is 33.1 Å². The molecule has 1 amide bonds. The quantitative estimate of drug-likeness (QED) is 0.756. The van der Waals surface area contributed by atoms with Crippen LogP contribution >= 0.6 is 0 Å². The first-order valence-corrected chi connectivity index (χ1v) is 6.66. The molecule has 0 fully saturated rings. The fourth-order valence-electron chi connectivity index (χ4n) is 1.80. The number of aliphatic hydroxyl groups is 1. The second-order valence-corrected chi connectivity index (χ2v) is 5.65. The Bertz CT molecular complexity index is 441. The van der Waals surface area contributed by atoms with Gasteiger partial charge < -0.3 is 10.4 Å². The van der Waals surface area contributed by atoms with Gasteiger partial charge in [0.25, 0.3) is 0 Å². The molecule has 1 rings (SSSR count). The van der Waals surface area contributed by atoms with Gasteiger partial charge in [-0.1, -0.05) is 19.9 Å². The Labute approximate surface area is 118 Å². The minimum absolute atomic E-state index is 0.0847. The molecule has 2 N–H and O–H groups in total. The molecule has 0 saturated carbocycles. The van der Waals surface area contributed by atoms with Crippen molar-refractivity contribution < 1.29 is 18.7 Å². The molecular formula is C15H21F2NO2. The molecule has 0 radical (unpaired) electrons. The van der Waals surface area contributed by atoms with Crippen molar-refractivity contribution in [2.24, 2.45) is 5.41 Å². The third kappa shape index (κ3) is 5.25. The first kappa shape index (κ1) is 16.6. The predicted octanol–water partition coefficient (Wildman–Crippen LogP) is 2.42. The van der Waals surface area contributed by atoms with Crippen molar-refractivity contribution in [1.82, 2.24) is 5.32 Å². The summed E-state index contributed by atoms with van der Waals surface area (Å²) in [4.78, 5) is 11.6. The maximum Gasteiger partial charge on any atom is 0.224 e. The van der Waals surface area contributed by atoms with Gasteiger partial charge in [0.1, 0.15) is 11.6 Å². The summed E-state index contributed by atoms with van der Waals surface area (Å²) >= 11 is 0. The van der Waals surface area contributed by atoms with Crippen molar-refractivity contribution in [2.75, 3.05) is 13.2 Å². The number of nitrogens with one attached hydrogen (secondary N) is 1. The van der Waals surface area contributed by atoms with Crippen LogP contribution in [0, 0.1) is 17.0 Å². The average Bonchev–Trinajstić information content (AvgIpc) is 2.39. The van der Waals surface area contributed by atoms with E-state index in [2.05, 4.69) is 5.32 Å². The Hall–Kier alpha value is -1.49. The maximum absolute atomic E-state index is 13.4. The van der Waals surface area contributed by atoms with Gasteiger partial charge in [0.05, 0.1) is 6.42 Å². The van der Waals surface area contributed by atoms with Crippen LogP contribution in [0.3, 0.4) is 0 Å². The van der Waals surface area contributed by atoms with Gasteiger partial charge in [-0.3, -0.25) is 4.79 Å². The van der Waals surface area contributed by atoms with Gasteiger partial charge in [-0.2, -0.15) is 0 Å². The first-order chi connectivity index (χ1) is 9.35. The molecule has 0 spiro atoms. The number of aliphatic hydroxyl groups excluding tert-OH is 1. The molecule has 0 bridgehead atoms. The number of hydrogen-bond acceptors (Lipinski definition) is 2. The van der Waals surface area contributed by atoms with Gasteiger partial charge in [0, 0.05) is 18.7 Å². The normalized spacial score (nSPS) is 11.4. The van der Waals surface area contributed by atoms with Crippen LogP contribution in [0.15, 0.2) is 18.2 Å². The van der Waals surface area contributed by atoms with Crippen molar-refractivity contribution in [1.29, 1.82) is 0 Å². The van der Waals surface area contributed by atoms with Crippen molar-refractivity contribution in [3.63, 3.8) is 0 Å². The van der Waals surface area contributed by atoms with Crippen LogP contribution in [-0.2, 0) is 11.2 Å². The highest BCUT2D eigenvalue weighted by Crippen LogP contribution is 2.20. The fourth-order valence-corrected chi connectivity index (χ4v) is 1.80. The van der Waals surface area contributed by atoms with Gasteiger partial charge in [-0.25, -0.2) is 8.78 Å². The lowest BCUT2D eigenvalue weighted by molar-refractivity contribution is -0.120. The SMILES string of the molecule is CC(C)(CO)CCCNC(=O)Cc1c(F)cccc1F. The second kappa shape index (κ2) is 7.33. The van der Waals surface area contributed by atoms with Gasteiger partial charge in [-0.15, -0.1) is 0 Å². The van der Waals surface area contributed by atoms with E-state index in [0.29, 0.717) is 13.0 Å². The van der Waals surface area contributed by atoms with E-state index in [1.807, 2.05) is 13.8 Å². The lowest BCUT2D eigenvalue weighted by Gasteiger charge is -2.21. The molecule has 0 atom stereocenters. The van der Waals surface area contributed by atoms with Crippen molar-refractivity contribution in [3.05, 3.63) is 35.4 Å². The number of halogens is 2. The molecule has 0 aromatic heterocycles. The van der Waals surface area contributed by atoms with Crippen LogP contribution in [0.4, 0.5) is 8.78 Å². The highest BCUT2D eigenvalue weighted by molar-refractivity contribution is 5.78. The Balaban J connectivity index is 2.38. The van der Waals surface area contributed by atoms with E-state index in [1.54, 1.807) is 0 Å². The molecule has 0 aliphatic rings. The van der Waals surface area contributed by atoms with E-state index < -0.39 is 17.5 Å². The highest BCUT2D eigenvalue weighted by atomic mass is 19.1. The van der Waals surface area contributed by atoms with E-state index in [4.69, 9.17) is 5.11 Å². The standard InChI is InChI=1S/C15H21F2NO2/c1-15(2,10-19)7-4-8-18-14(20)9-11-12(16)5-3-6-13(11)17/h3,5-6,19H,4,7-10H2,1-2H3,(H,18,20). The molecule has 0 saturated heterocycles. The number of benzene rings is 1. The van der Waals surface area contributed by atoms with Crippen LogP contribution in [0.25, 0.3) is 0 Å². The zero-order valence-electron chi connectivity index (χ0n) is 11.9. The molecule has 0 unspecified atom stereocenters. The lowest BCUT2D eigenvalue weighted by atomic mass is 9.89. The Morgan fingerprint density at radius 2 is 1.90 bits per heavy atom.